The van der Waals surface area contributed by atoms with Crippen molar-refractivity contribution in [3.63, 3.8) is 0 Å². The minimum absolute atomic E-state index is 0.0654. The lowest BCUT2D eigenvalue weighted by atomic mass is 10.1. The summed E-state index contributed by atoms with van der Waals surface area (Å²) in [6, 6.07) is 13.6. The van der Waals surface area contributed by atoms with E-state index in [0.717, 1.165) is 12.8 Å². The first-order chi connectivity index (χ1) is 12.1. The SMILES string of the molecule is Cc1cccc(CCC(=O)N2CCC(Oc3cc(C#N)ccn3)C2)c1. The Morgan fingerprint density at radius 2 is 2.28 bits per heavy atom. The van der Waals surface area contributed by atoms with Crippen LogP contribution in [0.5, 0.6) is 5.88 Å². The third-order valence-corrected chi connectivity index (χ3v) is 4.36. The van der Waals surface area contributed by atoms with Crippen molar-refractivity contribution in [1.29, 1.82) is 5.26 Å². The molecule has 1 aliphatic heterocycles. The van der Waals surface area contributed by atoms with Crippen LogP contribution in [0.2, 0.25) is 0 Å². The lowest BCUT2D eigenvalue weighted by molar-refractivity contribution is -0.130. The van der Waals surface area contributed by atoms with Gasteiger partial charge >= 0.3 is 0 Å². The van der Waals surface area contributed by atoms with Gasteiger partial charge in [0, 0.05) is 31.6 Å². The second-order valence-electron chi connectivity index (χ2n) is 6.35. The van der Waals surface area contributed by atoms with E-state index in [1.54, 1.807) is 18.3 Å². The normalized spacial score (nSPS) is 16.5. The van der Waals surface area contributed by atoms with Gasteiger partial charge in [-0.15, -0.1) is 0 Å². The molecule has 25 heavy (non-hydrogen) atoms. The summed E-state index contributed by atoms with van der Waals surface area (Å²) in [5.41, 5.74) is 2.93. The fourth-order valence-corrected chi connectivity index (χ4v) is 3.04. The zero-order valence-electron chi connectivity index (χ0n) is 14.3. The molecule has 1 unspecified atom stereocenters. The zero-order valence-corrected chi connectivity index (χ0v) is 14.3. The average Bonchev–Trinajstić information content (AvgIpc) is 3.08. The van der Waals surface area contributed by atoms with Crippen LogP contribution in [0.15, 0.2) is 42.6 Å². The highest BCUT2D eigenvalue weighted by Gasteiger charge is 2.27. The van der Waals surface area contributed by atoms with Gasteiger partial charge in [0.05, 0.1) is 18.2 Å². The Hall–Kier alpha value is -2.87. The van der Waals surface area contributed by atoms with Crippen LogP contribution in [0, 0.1) is 18.3 Å². The Bertz CT molecular complexity index is 798. The molecule has 1 aliphatic rings. The maximum Gasteiger partial charge on any atom is 0.223 e. The molecular formula is C20H21N3O2. The van der Waals surface area contributed by atoms with Crippen molar-refractivity contribution in [2.24, 2.45) is 0 Å². The maximum absolute atomic E-state index is 12.4. The summed E-state index contributed by atoms with van der Waals surface area (Å²) < 4.78 is 5.82. The number of aromatic nitrogens is 1. The summed E-state index contributed by atoms with van der Waals surface area (Å²) in [5, 5.41) is 8.92. The molecule has 1 amide bonds. The monoisotopic (exact) mass is 335 g/mol. The summed E-state index contributed by atoms with van der Waals surface area (Å²) in [5.74, 6) is 0.601. The number of carbonyl (C=O) groups is 1. The van der Waals surface area contributed by atoms with E-state index in [9.17, 15) is 4.79 Å². The summed E-state index contributed by atoms with van der Waals surface area (Å²) in [7, 11) is 0. The molecule has 2 aromatic rings. The second kappa shape index (κ2) is 7.80. The summed E-state index contributed by atoms with van der Waals surface area (Å²) in [4.78, 5) is 18.4. The molecule has 1 saturated heterocycles. The van der Waals surface area contributed by atoms with Gasteiger partial charge in [0.15, 0.2) is 0 Å². The number of nitrogens with zero attached hydrogens (tertiary/aromatic N) is 3. The largest absolute Gasteiger partial charge is 0.472 e. The number of pyridine rings is 1. The minimum atomic E-state index is -0.0654. The molecule has 1 aromatic carbocycles. The van der Waals surface area contributed by atoms with E-state index in [1.165, 1.54) is 11.1 Å². The van der Waals surface area contributed by atoms with Gasteiger partial charge in [-0.05, 0) is 25.0 Å². The number of likely N-dealkylation sites (tertiary alicyclic amines) is 1. The summed E-state index contributed by atoms with van der Waals surface area (Å²) in [6.07, 6.45) is 3.55. The quantitative estimate of drug-likeness (QED) is 0.843. The first-order valence-corrected chi connectivity index (χ1v) is 8.50. The van der Waals surface area contributed by atoms with Crippen LogP contribution in [0.3, 0.4) is 0 Å². The van der Waals surface area contributed by atoms with Crippen LogP contribution in [0.25, 0.3) is 0 Å². The Labute approximate surface area is 147 Å². The highest BCUT2D eigenvalue weighted by molar-refractivity contribution is 5.76. The highest BCUT2D eigenvalue weighted by Crippen LogP contribution is 2.18. The van der Waals surface area contributed by atoms with Crippen molar-refractivity contribution >= 4 is 5.91 Å². The molecule has 0 aliphatic carbocycles. The number of aryl methyl sites for hydroxylation is 2. The third kappa shape index (κ3) is 4.57. The Morgan fingerprint density at radius 3 is 3.08 bits per heavy atom. The summed E-state index contributed by atoms with van der Waals surface area (Å²) in [6.45, 7) is 3.34. The molecule has 0 radical (unpaired) electrons. The fourth-order valence-electron chi connectivity index (χ4n) is 3.04. The van der Waals surface area contributed by atoms with Gasteiger partial charge in [-0.2, -0.15) is 5.26 Å². The molecule has 128 valence electrons. The molecule has 1 atom stereocenters. The smallest absolute Gasteiger partial charge is 0.223 e. The number of rotatable bonds is 5. The third-order valence-electron chi connectivity index (χ3n) is 4.36. The lowest BCUT2D eigenvalue weighted by Crippen LogP contribution is -2.31. The molecule has 0 saturated carbocycles. The predicted molar refractivity (Wildman–Crippen MR) is 94.1 cm³/mol. The number of carbonyl (C=O) groups excluding carboxylic acids is 1. The molecule has 5 heteroatoms. The van der Waals surface area contributed by atoms with E-state index in [2.05, 4.69) is 36.2 Å². The van der Waals surface area contributed by atoms with Crippen molar-refractivity contribution in [2.45, 2.75) is 32.3 Å². The molecule has 0 spiro atoms. The van der Waals surface area contributed by atoms with Crippen molar-refractivity contribution < 1.29 is 9.53 Å². The molecule has 0 N–H and O–H groups in total. The highest BCUT2D eigenvalue weighted by atomic mass is 16.5. The molecular weight excluding hydrogens is 314 g/mol. The van der Waals surface area contributed by atoms with Crippen LogP contribution in [0.1, 0.15) is 29.5 Å². The van der Waals surface area contributed by atoms with Crippen LogP contribution >= 0.6 is 0 Å². The van der Waals surface area contributed by atoms with Crippen molar-refractivity contribution in [1.82, 2.24) is 9.88 Å². The molecule has 3 rings (SSSR count). The molecule has 0 bridgehead atoms. The molecule has 1 aromatic heterocycles. The molecule has 2 heterocycles. The van der Waals surface area contributed by atoms with E-state index in [0.29, 0.717) is 31.0 Å². The zero-order chi connectivity index (χ0) is 17.6. The lowest BCUT2D eigenvalue weighted by Gasteiger charge is -2.17. The van der Waals surface area contributed by atoms with Gasteiger partial charge in [-0.3, -0.25) is 4.79 Å². The fraction of sp³-hybridized carbons (Fsp3) is 0.350. The van der Waals surface area contributed by atoms with Gasteiger partial charge in [0.2, 0.25) is 11.8 Å². The summed E-state index contributed by atoms with van der Waals surface area (Å²) >= 11 is 0. The number of amides is 1. The van der Waals surface area contributed by atoms with Gasteiger partial charge in [-0.25, -0.2) is 4.98 Å². The standard InChI is InChI=1S/C20H21N3O2/c1-15-3-2-4-16(11-15)5-6-20(24)23-10-8-18(14-23)25-19-12-17(13-21)7-9-22-19/h2-4,7,9,11-12,18H,5-6,8,10,14H2,1H3. The van der Waals surface area contributed by atoms with E-state index >= 15 is 0 Å². The molecule has 5 nitrogen and oxygen atoms in total. The van der Waals surface area contributed by atoms with E-state index in [4.69, 9.17) is 10.00 Å². The van der Waals surface area contributed by atoms with E-state index in [1.807, 2.05) is 11.0 Å². The van der Waals surface area contributed by atoms with Gasteiger partial charge < -0.3 is 9.64 Å². The van der Waals surface area contributed by atoms with Crippen LogP contribution < -0.4 is 4.74 Å². The Morgan fingerprint density at radius 1 is 1.40 bits per heavy atom. The number of ether oxygens (including phenoxy) is 1. The van der Waals surface area contributed by atoms with Crippen LogP contribution in [-0.2, 0) is 11.2 Å². The second-order valence-corrected chi connectivity index (χ2v) is 6.35. The van der Waals surface area contributed by atoms with Crippen LogP contribution in [-0.4, -0.2) is 35.0 Å². The van der Waals surface area contributed by atoms with E-state index in [-0.39, 0.29) is 12.0 Å². The molecule has 1 fully saturated rings. The van der Waals surface area contributed by atoms with Crippen molar-refractivity contribution in [3.05, 3.63) is 59.3 Å². The number of nitriles is 1. The topological polar surface area (TPSA) is 66.2 Å². The number of hydrogen-bond donors (Lipinski definition) is 0. The maximum atomic E-state index is 12.4. The average molecular weight is 335 g/mol. The number of hydrogen-bond acceptors (Lipinski definition) is 4. The number of benzene rings is 1. The van der Waals surface area contributed by atoms with E-state index < -0.39 is 0 Å². The first-order valence-electron chi connectivity index (χ1n) is 8.50. The van der Waals surface area contributed by atoms with Crippen LogP contribution in [0.4, 0.5) is 0 Å². The first kappa shape index (κ1) is 17.0. The van der Waals surface area contributed by atoms with Gasteiger partial charge in [0.25, 0.3) is 0 Å². The van der Waals surface area contributed by atoms with Gasteiger partial charge in [-0.1, -0.05) is 29.8 Å². The van der Waals surface area contributed by atoms with Crippen molar-refractivity contribution in [3.8, 4) is 11.9 Å². The minimum Gasteiger partial charge on any atom is -0.472 e. The Balaban J connectivity index is 1.50. The Kier molecular flexibility index (Phi) is 5.30. The van der Waals surface area contributed by atoms with Crippen molar-refractivity contribution in [2.75, 3.05) is 13.1 Å². The van der Waals surface area contributed by atoms with Gasteiger partial charge in [0.1, 0.15) is 6.10 Å². The predicted octanol–water partition coefficient (Wildman–Crippen LogP) is 2.87.